The number of phenols is 1. The van der Waals surface area contributed by atoms with Crippen LogP contribution in [0.5, 0.6) is 11.5 Å². The number of aromatic hydroxyl groups is 1. The van der Waals surface area contributed by atoms with E-state index in [0.29, 0.717) is 29.5 Å². The molecule has 2 N–H and O–H groups in total. The van der Waals surface area contributed by atoms with Gasteiger partial charge in [-0.05, 0) is 31.0 Å². The molecule has 0 saturated carbocycles. The van der Waals surface area contributed by atoms with E-state index in [9.17, 15) is 20.0 Å². The van der Waals surface area contributed by atoms with Crippen molar-refractivity contribution < 1.29 is 19.6 Å². The Balaban J connectivity index is 1.65. The highest BCUT2D eigenvalue weighted by Crippen LogP contribution is 2.30. The molecule has 10 heteroatoms. The summed E-state index contributed by atoms with van der Waals surface area (Å²) in [7, 11) is 0. The fraction of sp³-hybridized carbons (Fsp3) is 0.211. The van der Waals surface area contributed by atoms with Gasteiger partial charge in [-0.1, -0.05) is 30.0 Å². The summed E-state index contributed by atoms with van der Waals surface area (Å²) in [5.74, 6) is 0.242. The zero-order valence-corrected chi connectivity index (χ0v) is 16.3. The molecule has 29 heavy (non-hydrogen) atoms. The van der Waals surface area contributed by atoms with Gasteiger partial charge in [0, 0.05) is 17.7 Å². The van der Waals surface area contributed by atoms with Crippen LogP contribution < -0.4 is 10.1 Å². The molecule has 1 fully saturated rings. The van der Waals surface area contributed by atoms with E-state index in [1.807, 2.05) is 6.92 Å². The lowest BCUT2D eigenvalue weighted by molar-refractivity contribution is -0.384. The van der Waals surface area contributed by atoms with E-state index in [0.717, 1.165) is 5.56 Å². The largest absolute Gasteiger partial charge is 0.504 e. The van der Waals surface area contributed by atoms with Crippen LogP contribution in [0.15, 0.2) is 52.7 Å². The minimum Gasteiger partial charge on any atom is -0.504 e. The lowest BCUT2D eigenvalue weighted by Crippen LogP contribution is -2.25. The summed E-state index contributed by atoms with van der Waals surface area (Å²) in [6.45, 7) is 2.25. The first-order chi connectivity index (χ1) is 14.0. The Morgan fingerprint density at radius 2 is 2.17 bits per heavy atom. The number of nitrogens with one attached hydrogen (secondary N) is 1. The van der Waals surface area contributed by atoms with Gasteiger partial charge >= 0.3 is 0 Å². The van der Waals surface area contributed by atoms with E-state index in [1.54, 1.807) is 24.3 Å². The molecule has 1 aliphatic rings. The van der Waals surface area contributed by atoms with Gasteiger partial charge in [0.2, 0.25) is 5.91 Å². The van der Waals surface area contributed by atoms with Crippen LogP contribution in [0, 0.1) is 10.1 Å². The van der Waals surface area contributed by atoms with Crippen molar-refractivity contribution in [1.82, 2.24) is 5.32 Å². The number of phenolic OH excluding ortho intramolecular Hbond substituents is 1. The smallest absolute Gasteiger partial charge is 0.270 e. The van der Waals surface area contributed by atoms with Crippen molar-refractivity contribution in [3.63, 3.8) is 0 Å². The van der Waals surface area contributed by atoms with Gasteiger partial charge in [0.1, 0.15) is 0 Å². The number of carbonyl (C=O) groups is 1. The Kier molecular flexibility index (Phi) is 6.45. The number of rotatable bonds is 7. The highest BCUT2D eigenvalue weighted by atomic mass is 32.2. The number of amides is 1. The molecule has 1 unspecified atom stereocenters. The lowest BCUT2D eigenvalue weighted by Gasteiger charge is -2.10. The van der Waals surface area contributed by atoms with Crippen LogP contribution in [-0.2, 0) is 11.2 Å². The van der Waals surface area contributed by atoms with Gasteiger partial charge in [-0.25, -0.2) is 0 Å². The maximum atomic E-state index is 12.2. The minimum absolute atomic E-state index is 0.0365. The molecule has 0 bridgehead atoms. The third-order valence-corrected chi connectivity index (χ3v) is 5.03. The van der Waals surface area contributed by atoms with E-state index in [-0.39, 0.29) is 22.6 Å². The lowest BCUT2D eigenvalue weighted by atomic mass is 10.1. The summed E-state index contributed by atoms with van der Waals surface area (Å²) in [4.78, 5) is 22.5. The first-order valence-corrected chi connectivity index (χ1v) is 9.62. The van der Waals surface area contributed by atoms with Crippen molar-refractivity contribution in [2.45, 2.75) is 18.6 Å². The SMILES string of the molecule is CCOc1cc(CC2S/C(=N/N=C\c3cccc([N+](=O)[O-])c3)NC2=O)ccc1O. The Labute approximate surface area is 170 Å². The normalized spacial score (nSPS) is 17.6. The summed E-state index contributed by atoms with van der Waals surface area (Å²) >= 11 is 1.24. The van der Waals surface area contributed by atoms with E-state index in [2.05, 4.69) is 15.5 Å². The summed E-state index contributed by atoms with van der Waals surface area (Å²) < 4.78 is 5.37. The highest BCUT2D eigenvalue weighted by molar-refractivity contribution is 8.15. The molecule has 150 valence electrons. The Morgan fingerprint density at radius 1 is 1.34 bits per heavy atom. The predicted molar refractivity (Wildman–Crippen MR) is 111 cm³/mol. The minimum atomic E-state index is -0.485. The number of non-ortho nitro benzene ring substituents is 1. The Hall–Kier alpha value is -3.40. The standard InChI is InChI=1S/C19H18N4O5S/c1-2-28-16-9-12(6-7-15(16)24)10-17-18(25)21-19(29-17)22-20-11-13-4-3-5-14(8-13)23(26)27/h3-9,11,17,24H,2,10H2,1H3,(H,21,22,25)/b20-11-. The molecule has 1 saturated heterocycles. The molecule has 1 atom stereocenters. The third-order valence-electron chi connectivity index (χ3n) is 3.96. The molecular formula is C19H18N4O5S. The van der Waals surface area contributed by atoms with Crippen LogP contribution in [0.4, 0.5) is 5.69 Å². The summed E-state index contributed by atoms with van der Waals surface area (Å²) in [5.41, 5.74) is 1.34. The maximum Gasteiger partial charge on any atom is 0.270 e. The number of amidine groups is 1. The molecule has 0 spiro atoms. The molecule has 2 aromatic carbocycles. The molecule has 3 rings (SSSR count). The van der Waals surface area contributed by atoms with Crippen LogP contribution in [0.3, 0.4) is 0 Å². The average molecular weight is 414 g/mol. The number of carbonyl (C=O) groups excluding carboxylic acids is 1. The van der Waals surface area contributed by atoms with Crippen LogP contribution in [0.2, 0.25) is 0 Å². The van der Waals surface area contributed by atoms with Crippen molar-refractivity contribution in [1.29, 1.82) is 0 Å². The van der Waals surface area contributed by atoms with Crippen LogP contribution in [-0.4, -0.2) is 39.2 Å². The fourth-order valence-corrected chi connectivity index (χ4v) is 3.59. The number of benzene rings is 2. The van der Waals surface area contributed by atoms with Crippen molar-refractivity contribution in [3.8, 4) is 11.5 Å². The highest BCUT2D eigenvalue weighted by Gasteiger charge is 2.30. The van der Waals surface area contributed by atoms with Crippen LogP contribution in [0.1, 0.15) is 18.1 Å². The Morgan fingerprint density at radius 3 is 2.93 bits per heavy atom. The summed E-state index contributed by atoms with van der Waals surface area (Å²) in [5, 5.41) is 31.1. The zero-order chi connectivity index (χ0) is 20.8. The number of thioether (sulfide) groups is 1. The van der Waals surface area contributed by atoms with Gasteiger partial charge in [0.05, 0.1) is 23.0 Å². The van der Waals surface area contributed by atoms with Gasteiger partial charge < -0.3 is 15.2 Å². The molecule has 0 aliphatic carbocycles. The molecule has 0 radical (unpaired) electrons. The van der Waals surface area contributed by atoms with E-state index in [1.165, 1.54) is 36.2 Å². The molecular weight excluding hydrogens is 396 g/mol. The summed E-state index contributed by atoms with van der Waals surface area (Å²) in [6.07, 6.45) is 1.82. The van der Waals surface area contributed by atoms with E-state index >= 15 is 0 Å². The second kappa shape index (κ2) is 9.20. The van der Waals surface area contributed by atoms with Crippen molar-refractivity contribution in [2.75, 3.05) is 6.61 Å². The number of nitro benzene ring substituents is 1. The number of nitro groups is 1. The quantitative estimate of drug-likeness (QED) is 0.407. The van der Waals surface area contributed by atoms with Crippen molar-refractivity contribution in [2.24, 2.45) is 10.2 Å². The number of nitrogens with zero attached hydrogens (tertiary/aromatic N) is 3. The van der Waals surface area contributed by atoms with Gasteiger partial charge in [-0.2, -0.15) is 5.10 Å². The van der Waals surface area contributed by atoms with Gasteiger partial charge in [-0.3, -0.25) is 14.9 Å². The topological polar surface area (TPSA) is 126 Å². The third kappa shape index (κ3) is 5.32. The Bertz CT molecular complexity index is 992. The molecule has 2 aromatic rings. The molecule has 9 nitrogen and oxygen atoms in total. The van der Waals surface area contributed by atoms with E-state index in [4.69, 9.17) is 4.74 Å². The number of ether oxygens (including phenoxy) is 1. The van der Waals surface area contributed by atoms with Crippen LogP contribution >= 0.6 is 11.8 Å². The van der Waals surface area contributed by atoms with E-state index < -0.39 is 4.92 Å². The molecule has 1 aliphatic heterocycles. The number of hydrogen-bond acceptors (Lipinski definition) is 8. The van der Waals surface area contributed by atoms with Crippen molar-refractivity contribution in [3.05, 3.63) is 63.7 Å². The van der Waals surface area contributed by atoms with Gasteiger partial charge in [-0.15, -0.1) is 5.10 Å². The monoisotopic (exact) mass is 414 g/mol. The maximum absolute atomic E-state index is 12.2. The van der Waals surface area contributed by atoms with Gasteiger partial charge in [0.15, 0.2) is 16.7 Å². The molecule has 1 heterocycles. The summed E-state index contributed by atoms with van der Waals surface area (Å²) in [6, 6.07) is 11.0. The predicted octanol–water partition coefficient (Wildman–Crippen LogP) is 2.86. The van der Waals surface area contributed by atoms with Crippen LogP contribution in [0.25, 0.3) is 0 Å². The zero-order valence-electron chi connectivity index (χ0n) is 15.4. The molecule has 0 aromatic heterocycles. The van der Waals surface area contributed by atoms with Gasteiger partial charge in [0.25, 0.3) is 5.69 Å². The fourth-order valence-electron chi connectivity index (χ4n) is 2.62. The first kappa shape index (κ1) is 20.3. The first-order valence-electron chi connectivity index (χ1n) is 8.74. The average Bonchev–Trinajstić information content (AvgIpc) is 3.04. The molecule has 1 amide bonds. The number of hydrogen-bond donors (Lipinski definition) is 2. The second-order valence-electron chi connectivity index (χ2n) is 6.04. The van der Waals surface area contributed by atoms with Crippen molar-refractivity contribution >= 4 is 34.7 Å². The second-order valence-corrected chi connectivity index (χ2v) is 7.23.